The average molecular weight is 262 g/mol. The Balaban J connectivity index is 1.51. The summed E-state index contributed by atoms with van der Waals surface area (Å²) in [5, 5.41) is 0. The second kappa shape index (κ2) is 6.92. The molecule has 1 heteroatoms. The molecule has 0 amide bonds. The third-order valence-electron chi connectivity index (χ3n) is 5.42. The maximum absolute atomic E-state index is 6.26. The van der Waals surface area contributed by atoms with Gasteiger partial charge in [0.1, 0.15) is 0 Å². The largest absolute Gasteiger partial charge is 0.378 e. The van der Waals surface area contributed by atoms with Gasteiger partial charge in [-0.05, 0) is 56.3 Å². The Bertz CT molecular complexity index is 296. The van der Waals surface area contributed by atoms with Crippen molar-refractivity contribution in [2.45, 2.75) is 76.7 Å². The van der Waals surface area contributed by atoms with Gasteiger partial charge in [0.2, 0.25) is 0 Å². The number of hydrogen-bond donors (Lipinski definition) is 0. The first-order chi connectivity index (χ1) is 9.43. The third kappa shape index (κ3) is 4.08. The van der Waals surface area contributed by atoms with Crippen molar-refractivity contribution in [3.8, 4) is 0 Å². The fraction of sp³-hybridized carbons (Fsp3) is 0.889. The van der Waals surface area contributed by atoms with Crippen LogP contribution in [-0.4, -0.2) is 12.7 Å². The van der Waals surface area contributed by atoms with Crippen LogP contribution >= 0.6 is 0 Å². The lowest BCUT2D eigenvalue weighted by atomic mass is 9.97. The highest BCUT2D eigenvalue weighted by Crippen LogP contribution is 2.41. The summed E-state index contributed by atoms with van der Waals surface area (Å²) in [5.74, 6) is 2.59. The van der Waals surface area contributed by atoms with Crippen LogP contribution < -0.4 is 0 Å². The first kappa shape index (κ1) is 13.7. The van der Waals surface area contributed by atoms with Gasteiger partial charge in [-0.25, -0.2) is 0 Å². The lowest BCUT2D eigenvalue weighted by Crippen LogP contribution is -2.19. The summed E-state index contributed by atoms with van der Waals surface area (Å²) in [6, 6.07) is 0. The van der Waals surface area contributed by atoms with Crippen molar-refractivity contribution in [1.29, 1.82) is 0 Å². The standard InChI is InChI=1S/C18H30O/c1-2-4-6-9-15-11-8-12-18(15)19-14-17-13-16(17)10-7-5-3-1/h7,10,15-18H,1-6,8-9,11-14H2/b10-7-. The highest BCUT2D eigenvalue weighted by Gasteiger charge is 2.36. The second-order valence-corrected chi connectivity index (χ2v) is 7.00. The van der Waals surface area contributed by atoms with Crippen molar-refractivity contribution >= 4 is 0 Å². The highest BCUT2D eigenvalue weighted by molar-refractivity contribution is 5.02. The van der Waals surface area contributed by atoms with E-state index in [0.717, 1.165) is 24.4 Å². The molecule has 2 fully saturated rings. The first-order valence-electron chi connectivity index (χ1n) is 8.72. The van der Waals surface area contributed by atoms with Gasteiger partial charge in [0.25, 0.3) is 0 Å². The molecule has 3 rings (SSSR count). The van der Waals surface area contributed by atoms with E-state index in [-0.39, 0.29) is 0 Å². The molecule has 0 N–H and O–H groups in total. The average Bonchev–Trinajstić information content (AvgIpc) is 3.01. The summed E-state index contributed by atoms with van der Waals surface area (Å²) >= 11 is 0. The molecule has 1 heterocycles. The molecule has 0 saturated heterocycles. The first-order valence-corrected chi connectivity index (χ1v) is 8.72. The number of rotatable bonds is 0. The van der Waals surface area contributed by atoms with E-state index in [1.54, 1.807) is 0 Å². The zero-order valence-electron chi connectivity index (χ0n) is 12.4. The monoisotopic (exact) mass is 262 g/mol. The fourth-order valence-corrected chi connectivity index (χ4v) is 3.97. The normalized spacial score (nSPS) is 42.5. The maximum Gasteiger partial charge on any atom is 0.0603 e. The van der Waals surface area contributed by atoms with Crippen molar-refractivity contribution in [1.82, 2.24) is 0 Å². The Kier molecular flexibility index (Phi) is 4.98. The van der Waals surface area contributed by atoms with E-state index in [9.17, 15) is 0 Å². The molecular weight excluding hydrogens is 232 g/mol. The van der Waals surface area contributed by atoms with Crippen LogP contribution in [0.1, 0.15) is 70.6 Å². The summed E-state index contributed by atoms with van der Waals surface area (Å²) in [4.78, 5) is 0. The fourth-order valence-electron chi connectivity index (χ4n) is 3.97. The molecule has 0 radical (unpaired) electrons. The number of fused-ring (bicyclic) bond motifs is 2. The second-order valence-electron chi connectivity index (χ2n) is 7.00. The minimum Gasteiger partial charge on any atom is -0.378 e. The van der Waals surface area contributed by atoms with Crippen LogP contribution in [0.25, 0.3) is 0 Å². The Labute approximate surface area is 118 Å². The molecule has 2 aliphatic carbocycles. The van der Waals surface area contributed by atoms with Gasteiger partial charge in [0.15, 0.2) is 0 Å². The van der Waals surface area contributed by atoms with Gasteiger partial charge < -0.3 is 4.74 Å². The van der Waals surface area contributed by atoms with Crippen molar-refractivity contribution in [2.24, 2.45) is 17.8 Å². The molecular formula is C18H30O. The van der Waals surface area contributed by atoms with Gasteiger partial charge in [-0.1, -0.05) is 44.3 Å². The molecule has 3 aliphatic rings. The van der Waals surface area contributed by atoms with Crippen molar-refractivity contribution in [2.75, 3.05) is 6.61 Å². The molecule has 1 nitrogen and oxygen atoms in total. The predicted octanol–water partition coefficient (Wildman–Crippen LogP) is 5.11. The Morgan fingerprint density at radius 3 is 2.63 bits per heavy atom. The molecule has 2 saturated carbocycles. The SMILES string of the molecule is C1=C\C2CC2COC2CCCC2CCCCCCC/1. The number of allylic oxidation sites excluding steroid dienone is 2. The topological polar surface area (TPSA) is 9.23 Å². The molecule has 19 heavy (non-hydrogen) atoms. The molecule has 108 valence electrons. The zero-order valence-corrected chi connectivity index (χ0v) is 12.4. The van der Waals surface area contributed by atoms with E-state index >= 15 is 0 Å². The predicted molar refractivity (Wildman–Crippen MR) is 80.1 cm³/mol. The van der Waals surface area contributed by atoms with Crippen molar-refractivity contribution in [3.63, 3.8) is 0 Å². The summed E-state index contributed by atoms with van der Waals surface area (Å²) in [6.45, 7) is 1.04. The molecule has 0 aromatic carbocycles. The maximum atomic E-state index is 6.26. The molecule has 0 bridgehead atoms. The molecule has 4 atom stereocenters. The van der Waals surface area contributed by atoms with Crippen LogP contribution in [0.4, 0.5) is 0 Å². The van der Waals surface area contributed by atoms with E-state index in [1.165, 1.54) is 70.6 Å². The number of hydrogen-bond acceptors (Lipinski definition) is 1. The van der Waals surface area contributed by atoms with Crippen LogP contribution in [0.15, 0.2) is 12.2 Å². The molecule has 4 unspecified atom stereocenters. The summed E-state index contributed by atoms with van der Waals surface area (Å²) in [6.07, 6.45) is 20.9. The smallest absolute Gasteiger partial charge is 0.0603 e. The summed E-state index contributed by atoms with van der Waals surface area (Å²) in [5.41, 5.74) is 0. The third-order valence-corrected chi connectivity index (χ3v) is 5.42. The van der Waals surface area contributed by atoms with Crippen LogP contribution in [-0.2, 0) is 4.74 Å². The molecule has 0 aromatic heterocycles. The van der Waals surface area contributed by atoms with Crippen molar-refractivity contribution in [3.05, 3.63) is 12.2 Å². The minimum atomic E-state index is 0.607. The van der Waals surface area contributed by atoms with Gasteiger partial charge in [0, 0.05) is 0 Å². The lowest BCUT2D eigenvalue weighted by Gasteiger charge is -2.20. The lowest BCUT2D eigenvalue weighted by molar-refractivity contribution is 0.0174. The van der Waals surface area contributed by atoms with Gasteiger partial charge in [-0.15, -0.1) is 0 Å². The van der Waals surface area contributed by atoms with Crippen molar-refractivity contribution < 1.29 is 4.74 Å². The van der Waals surface area contributed by atoms with E-state index in [1.807, 2.05) is 0 Å². The van der Waals surface area contributed by atoms with Crippen LogP contribution in [0.2, 0.25) is 0 Å². The Morgan fingerprint density at radius 2 is 1.63 bits per heavy atom. The van der Waals surface area contributed by atoms with E-state index < -0.39 is 0 Å². The number of ether oxygens (including phenoxy) is 1. The quantitative estimate of drug-likeness (QED) is 0.551. The van der Waals surface area contributed by atoms with Crippen LogP contribution in [0.5, 0.6) is 0 Å². The van der Waals surface area contributed by atoms with E-state index in [2.05, 4.69) is 12.2 Å². The van der Waals surface area contributed by atoms with E-state index in [4.69, 9.17) is 4.74 Å². The van der Waals surface area contributed by atoms with E-state index in [0.29, 0.717) is 6.10 Å². The minimum absolute atomic E-state index is 0.607. The molecule has 1 aliphatic heterocycles. The highest BCUT2D eigenvalue weighted by atomic mass is 16.5. The van der Waals surface area contributed by atoms with Gasteiger partial charge in [-0.2, -0.15) is 0 Å². The Hall–Kier alpha value is -0.300. The van der Waals surface area contributed by atoms with Crippen LogP contribution in [0.3, 0.4) is 0 Å². The molecule has 0 spiro atoms. The van der Waals surface area contributed by atoms with Crippen LogP contribution in [0, 0.1) is 17.8 Å². The van der Waals surface area contributed by atoms with Gasteiger partial charge >= 0.3 is 0 Å². The molecule has 0 aromatic rings. The Morgan fingerprint density at radius 1 is 0.789 bits per heavy atom. The van der Waals surface area contributed by atoms with Gasteiger partial charge in [0.05, 0.1) is 12.7 Å². The van der Waals surface area contributed by atoms with Gasteiger partial charge in [-0.3, -0.25) is 0 Å². The summed E-state index contributed by atoms with van der Waals surface area (Å²) < 4.78 is 6.26. The summed E-state index contributed by atoms with van der Waals surface area (Å²) in [7, 11) is 0. The zero-order chi connectivity index (χ0) is 12.9.